The topological polar surface area (TPSA) is 51.2 Å². The van der Waals surface area contributed by atoms with Crippen LogP contribution in [0.25, 0.3) is 0 Å². The summed E-state index contributed by atoms with van der Waals surface area (Å²) in [5.74, 6) is -0.264. The first-order valence-electron chi connectivity index (χ1n) is 4.21. The Bertz CT molecular complexity index is 330. The molecule has 0 aromatic carbocycles. The third kappa shape index (κ3) is 2.05. The normalized spacial score (nSPS) is 14.9. The van der Waals surface area contributed by atoms with E-state index in [1.54, 1.807) is 0 Å². The molecule has 6 heteroatoms. The highest BCUT2D eigenvalue weighted by Crippen LogP contribution is 2.26. The van der Waals surface area contributed by atoms with Crippen molar-refractivity contribution >= 4 is 34.0 Å². The molecule has 0 saturated heterocycles. The Labute approximate surface area is 90.2 Å². The third-order valence-corrected chi connectivity index (χ3v) is 3.09. The number of alkyl halides is 1. The maximum Gasteiger partial charge on any atom is 0.241 e. The van der Waals surface area contributed by atoms with E-state index < -0.39 is 0 Å². The Morgan fingerprint density at radius 1 is 1.71 bits per heavy atom. The van der Waals surface area contributed by atoms with Crippen LogP contribution < -0.4 is 5.32 Å². The zero-order valence-corrected chi connectivity index (χ0v) is 8.95. The second kappa shape index (κ2) is 4.25. The molecule has 2 rings (SSSR count). The number of halogens is 1. The predicted octanol–water partition coefficient (Wildman–Crippen LogP) is 1.39. The number of amides is 1. The number of nitrogens with one attached hydrogen (secondary N) is 1. The summed E-state index contributed by atoms with van der Waals surface area (Å²) >= 11 is 6.82. The smallest absolute Gasteiger partial charge is 0.241 e. The van der Waals surface area contributed by atoms with Crippen LogP contribution in [0.4, 0.5) is 5.13 Å². The minimum atomic E-state index is -0.223. The van der Waals surface area contributed by atoms with E-state index in [0.29, 0.717) is 18.3 Å². The molecule has 0 atom stereocenters. The van der Waals surface area contributed by atoms with Gasteiger partial charge in [-0.05, 0) is 0 Å². The molecule has 1 aliphatic heterocycles. The molecule has 2 heterocycles. The standard InChI is InChI=1S/C8H9ClN2O2S/c9-3-7(12)11-8-10-5-1-2-13-4-6(5)14-8/h1-4H2,(H,10,11,12). The number of hydrogen-bond acceptors (Lipinski definition) is 4. The van der Waals surface area contributed by atoms with Crippen LogP contribution in [0.3, 0.4) is 0 Å². The first-order chi connectivity index (χ1) is 6.79. The maximum absolute atomic E-state index is 11.0. The number of aromatic nitrogens is 1. The number of nitrogens with zero attached hydrogens (tertiary/aromatic N) is 1. The second-order valence-corrected chi connectivity index (χ2v) is 4.22. The monoisotopic (exact) mass is 232 g/mol. The molecule has 0 aliphatic carbocycles. The number of fused-ring (bicyclic) bond motifs is 1. The van der Waals surface area contributed by atoms with E-state index >= 15 is 0 Å². The van der Waals surface area contributed by atoms with E-state index in [9.17, 15) is 4.79 Å². The van der Waals surface area contributed by atoms with Crippen LogP contribution >= 0.6 is 22.9 Å². The highest BCUT2D eigenvalue weighted by Gasteiger charge is 2.16. The summed E-state index contributed by atoms with van der Waals surface area (Å²) in [6, 6.07) is 0. The summed E-state index contributed by atoms with van der Waals surface area (Å²) in [4.78, 5) is 16.4. The second-order valence-electron chi connectivity index (χ2n) is 2.87. The van der Waals surface area contributed by atoms with Gasteiger partial charge in [-0.15, -0.1) is 11.6 Å². The van der Waals surface area contributed by atoms with Crippen molar-refractivity contribution in [3.63, 3.8) is 0 Å². The number of carbonyl (C=O) groups is 1. The molecule has 0 spiro atoms. The Balaban J connectivity index is 2.12. The van der Waals surface area contributed by atoms with Gasteiger partial charge in [0, 0.05) is 6.42 Å². The largest absolute Gasteiger partial charge is 0.375 e. The number of carbonyl (C=O) groups excluding carboxylic acids is 1. The van der Waals surface area contributed by atoms with Gasteiger partial charge in [-0.3, -0.25) is 4.79 Å². The van der Waals surface area contributed by atoms with E-state index in [1.807, 2.05) is 0 Å². The van der Waals surface area contributed by atoms with Crippen LogP contribution in [0.15, 0.2) is 0 Å². The van der Waals surface area contributed by atoms with Gasteiger partial charge in [-0.25, -0.2) is 4.98 Å². The Kier molecular flexibility index (Phi) is 3.00. The highest BCUT2D eigenvalue weighted by molar-refractivity contribution is 7.15. The van der Waals surface area contributed by atoms with Gasteiger partial charge in [0.15, 0.2) is 5.13 Å². The van der Waals surface area contributed by atoms with E-state index in [1.165, 1.54) is 11.3 Å². The van der Waals surface area contributed by atoms with Crippen LogP contribution in [0.2, 0.25) is 0 Å². The Morgan fingerprint density at radius 3 is 3.29 bits per heavy atom. The van der Waals surface area contributed by atoms with Crippen molar-refractivity contribution in [2.75, 3.05) is 17.8 Å². The molecule has 14 heavy (non-hydrogen) atoms. The zero-order chi connectivity index (χ0) is 9.97. The van der Waals surface area contributed by atoms with Gasteiger partial charge >= 0.3 is 0 Å². The highest BCUT2D eigenvalue weighted by atomic mass is 35.5. The van der Waals surface area contributed by atoms with Gasteiger partial charge in [0.2, 0.25) is 5.91 Å². The lowest BCUT2D eigenvalue weighted by Gasteiger charge is -2.08. The number of rotatable bonds is 2. The lowest BCUT2D eigenvalue weighted by atomic mass is 10.2. The minimum absolute atomic E-state index is 0.0409. The predicted molar refractivity (Wildman–Crippen MR) is 54.8 cm³/mol. The fourth-order valence-corrected chi connectivity index (χ4v) is 2.26. The molecule has 4 nitrogen and oxygen atoms in total. The van der Waals surface area contributed by atoms with Crippen molar-refractivity contribution in [1.82, 2.24) is 4.98 Å². The van der Waals surface area contributed by atoms with Crippen molar-refractivity contribution in [2.45, 2.75) is 13.0 Å². The van der Waals surface area contributed by atoms with Gasteiger partial charge < -0.3 is 10.1 Å². The maximum atomic E-state index is 11.0. The molecular weight excluding hydrogens is 224 g/mol. The van der Waals surface area contributed by atoms with Gasteiger partial charge in [-0.2, -0.15) is 0 Å². The molecule has 0 bridgehead atoms. The first-order valence-corrected chi connectivity index (χ1v) is 5.57. The van der Waals surface area contributed by atoms with E-state index in [0.717, 1.165) is 17.0 Å². The summed E-state index contributed by atoms with van der Waals surface area (Å²) in [6.07, 6.45) is 0.822. The average Bonchev–Trinajstić information content (AvgIpc) is 2.59. The fraction of sp³-hybridized carbons (Fsp3) is 0.500. The quantitative estimate of drug-likeness (QED) is 0.785. The van der Waals surface area contributed by atoms with Crippen molar-refractivity contribution in [2.24, 2.45) is 0 Å². The van der Waals surface area contributed by atoms with E-state index in [2.05, 4.69) is 10.3 Å². The van der Waals surface area contributed by atoms with Crippen molar-refractivity contribution in [1.29, 1.82) is 0 Å². The summed E-state index contributed by atoms with van der Waals surface area (Å²) in [6.45, 7) is 1.31. The zero-order valence-electron chi connectivity index (χ0n) is 7.38. The lowest BCUT2D eigenvalue weighted by Crippen LogP contribution is -2.12. The molecule has 1 N–H and O–H groups in total. The van der Waals surface area contributed by atoms with Crippen LogP contribution in [0.5, 0.6) is 0 Å². The molecular formula is C8H9ClN2O2S. The van der Waals surface area contributed by atoms with Gasteiger partial charge in [-0.1, -0.05) is 11.3 Å². The lowest BCUT2D eigenvalue weighted by molar-refractivity contribution is -0.113. The Morgan fingerprint density at radius 2 is 2.57 bits per heavy atom. The van der Waals surface area contributed by atoms with Crippen LogP contribution in [-0.2, 0) is 22.6 Å². The number of hydrogen-bond donors (Lipinski definition) is 1. The molecule has 0 unspecified atom stereocenters. The average molecular weight is 233 g/mol. The van der Waals surface area contributed by atoms with Crippen molar-refractivity contribution in [3.8, 4) is 0 Å². The molecule has 1 aliphatic rings. The van der Waals surface area contributed by atoms with Gasteiger partial charge in [0.05, 0.1) is 23.8 Å². The molecule has 0 saturated carbocycles. The summed E-state index contributed by atoms with van der Waals surface area (Å²) in [5.41, 5.74) is 1.03. The third-order valence-electron chi connectivity index (χ3n) is 1.86. The fourth-order valence-electron chi connectivity index (χ4n) is 1.23. The molecule has 0 fully saturated rings. The van der Waals surface area contributed by atoms with Crippen LogP contribution in [0, 0.1) is 0 Å². The first kappa shape index (κ1) is 9.89. The number of thiazole rings is 1. The molecule has 0 radical (unpaired) electrons. The van der Waals surface area contributed by atoms with Gasteiger partial charge in [0.1, 0.15) is 5.88 Å². The summed E-state index contributed by atoms with van der Waals surface area (Å²) in [7, 11) is 0. The van der Waals surface area contributed by atoms with Crippen molar-refractivity contribution in [3.05, 3.63) is 10.6 Å². The summed E-state index contributed by atoms with van der Waals surface area (Å²) < 4.78 is 5.27. The van der Waals surface area contributed by atoms with E-state index in [4.69, 9.17) is 16.3 Å². The van der Waals surface area contributed by atoms with Crippen LogP contribution in [0.1, 0.15) is 10.6 Å². The molecule has 76 valence electrons. The molecule has 1 amide bonds. The minimum Gasteiger partial charge on any atom is -0.375 e. The van der Waals surface area contributed by atoms with Crippen LogP contribution in [-0.4, -0.2) is 23.4 Å². The molecule has 1 aromatic heterocycles. The molecule has 1 aromatic rings. The van der Waals surface area contributed by atoms with Crippen molar-refractivity contribution < 1.29 is 9.53 Å². The Hall–Kier alpha value is -0.650. The van der Waals surface area contributed by atoms with Gasteiger partial charge in [0.25, 0.3) is 0 Å². The van der Waals surface area contributed by atoms with E-state index in [-0.39, 0.29) is 11.8 Å². The summed E-state index contributed by atoms with van der Waals surface area (Å²) in [5, 5.41) is 3.25. The number of ether oxygens (including phenoxy) is 1. The number of anilines is 1. The SMILES string of the molecule is O=C(CCl)Nc1nc2c(s1)COCC2.